The number of methoxy groups -OCH3 is 1. The topological polar surface area (TPSA) is 75.7 Å². The molecule has 1 N–H and O–H groups in total. The minimum Gasteiger partial charge on any atom is -0.468 e. The van der Waals surface area contributed by atoms with Crippen molar-refractivity contribution in [2.45, 2.75) is 50.7 Å². The van der Waals surface area contributed by atoms with E-state index in [2.05, 4.69) is 10.2 Å². The lowest BCUT2D eigenvalue weighted by molar-refractivity contribution is -0.149. The fourth-order valence-corrected chi connectivity index (χ4v) is 4.78. The Morgan fingerprint density at radius 3 is 2.48 bits per heavy atom. The van der Waals surface area contributed by atoms with E-state index in [9.17, 15) is 13.2 Å². The number of hydrogen-bond acceptors (Lipinski definition) is 6. The summed E-state index contributed by atoms with van der Waals surface area (Å²) in [5, 5.41) is 3.37. The maximum atomic E-state index is 12.2. The zero-order valence-corrected chi connectivity index (χ0v) is 13.9. The summed E-state index contributed by atoms with van der Waals surface area (Å²) < 4.78 is 28.0. The first-order valence-corrected chi connectivity index (χ1v) is 9.41. The van der Waals surface area contributed by atoms with Crippen molar-refractivity contribution in [1.82, 2.24) is 10.2 Å². The summed E-state index contributed by atoms with van der Waals surface area (Å²) in [5.74, 6) is 0.252. The van der Waals surface area contributed by atoms with Crippen LogP contribution in [0.1, 0.15) is 33.1 Å². The summed E-state index contributed by atoms with van der Waals surface area (Å²) in [7, 11) is -1.44. The summed E-state index contributed by atoms with van der Waals surface area (Å²) in [6, 6.07) is 0.454. The van der Waals surface area contributed by atoms with Crippen LogP contribution < -0.4 is 5.32 Å². The molecule has 21 heavy (non-hydrogen) atoms. The van der Waals surface area contributed by atoms with Gasteiger partial charge in [0.25, 0.3) is 0 Å². The van der Waals surface area contributed by atoms with E-state index in [0.717, 1.165) is 12.8 Å². The van der Waals surface area contributed by atoms with Gasteiger partial charge >= 0.3 is 5.97 Å². The average Bonchev–Trinajstić information content (AvgIpc) is 2.82. The number of nitrogens with zero attached hydrogens (tertiary/aromatic N) is 1. The summed E-state index contributed by atoms with van der Waals surface area (Å²) in [4.78, 5) is 14.4. The maximum Gasteiger partial charge on any atom is 0.326 e. The highest BCUT2D eigenvalue weighted by atomic mass is 32.2. The molecule has 122 valence electrons. The molecule has 0 aromatic heterocycles. The molecular weight excluding hydrogens is 292 g/mol. The van der Waals surface area contributed by atoms with Crippen molar-refractivity contribution < 1.29 is 17.9 Å². The SMILES string of the molecule is COC(=O)C1(NC(C)C)CCC(N2CCS(=O)(=O)CC2)C1. The van der Waals surface area contributed by atoms with Gasteiger partial charge in [-0.15, -0.1) is 0 Å². The molecule has 6 nitrogen and oxygen atoms in total. The molecule has 2 fully saturated rings. The molecule has 0 spiro atoms. The summed E-state index contributed by atoms with van der Waals surface area (Å²) in [5.41, 5.74) is -0.621. The summed E-state index contributed by atoms with van der Waals surface area (Å²) in [6.07, 6.45) is 2.33. The highest BCUT2D eigenvalue weighted by Crippen LogP contribution is 2.35. The molecule has 2 unspecified atom stereocenters. The predicted octanol–water partition coefficient (Wildman–Crippen LogP) is 0.179. The molecular formula is C14H26N2O4S. The lowest BCUT2D eigenvalue weighted by Gasteiger charge is -2.34. The van der Waals surface area contributed by atoms with Crippen molar-refractivity contribution in [2.24, 2.45) is 0 Å². The van der Waals surface area contributed by atoms with Gasteiger partial charge in [-0.2, -0.15) is 0 Å². The van der Waals surface area contributed by atoms with Crippen LogP contribution in [0.5, 0.6) is 0 Å². The van der Waals surface area contributed by atoms with E-state index < -0.39 is 15.4 Å². The van der Waals surface area contributed by atoms with Gasteiger partial charge in [-0.3, -0.25) is 15.0 Å². The van der Waals surface area contributed by atoms with Crippen LogP contribution in [-0.2, 0) is 19.4 Å². The molecule has 0 aromatic rings. The minimum absolute atomic E-state index is 0.199. The number of sulfone groups is 1. The summed E-state index contributed by atoms with van der Waals surface area (Å²) in [6.45, 7) is 5.19. The van der Waals surface area contributed by atoms with Gasteiger partial charge in [-0.05, 0) is 33.1 Å². The van der Waals surface area contributed by atoms with Gasteiger partial charge in [-0.25, -0.2) is 8.42 Å². The molecule has 1 aliphatic heterocycles. The number of carbonyl (C=O) groups is 1. The monoisotopic (exact) mass is 318 g/mol. The highest BCUT2D eigenvalue weighted by molar-refractivity contribution is 7.91. The first kappa shape index (κ1) is 16.7. The standard InChI is InChI=1S/C14H26N2O4S/c1-11(2)15-14(13(17)20-3)5-4-12(10-14)16-6-8-21(18,19)9-7-16/h11-12,15H,4-10H2,1-3H3. The van der Waals surface area contributed by atoms with Crippen molar-refractivity contribution in [2.75, 3.05) is 31.7 Å². The molecule has 1 saturated heterocycles. The van der Waals surface area contributed by atoms with Crippen LogP contribution in [0.4, 0.5) is 0 Å². The minimum atomic E-state index is -2.86. The van der Waals surface area contributed by atoms with Crippen LogP contribution in [0.2, 0.25) is 0 Å². The molecule has 2 rings (SSSR count). The largest absolute Gasteiger partial charge is 0.468 e. The number of carbonyl (C=O) groups excluding carboxylic acids is 1. The van der Waals surface area contributed by atoms with Crippen molar-refractivity contribution in [3.05, 3.63) is 0 Å². The quantitative estimate of drug-likeness (QED) is 0.745. The normalized spacial score (nSPS) is 33.2. The predicted molar refractivity (Wildman–Crippen MR) is 80.9 cm³/mol. The van der Waals surface area contributed by atoms with Gasteiger partial charge in [-0.1, -0.05) is 0 Å². The van der Waals surface area contributed by atoms with Crippen LogP contribution in [0.3, 0.4) is 0 Å². The fourth-order valence-electron chi connectivity index (χ4n) is 3.55. The van der Waals surface area contributed by atoms with Crippen LogP contribution in [0.15, 0.2) is 0 Å². The van der Waals surface area contributed by atoms with Gasteiger partial charge in [0, 0.05) is 25.2 Å². The number of esters is 1. The fraction of sp³-hybridized carbons (Fsp3) is 0.929. The van der Waals surface area contributed by atoms with E-state index in [1.54, 1.807) is 0 Å². The molecule has 0 bridgehead atoms. The van der Waals surface area contributed by atoms with Crippen LogP contribution in [0, 0.1) is 0 Å². The van der Waals surface area contributed by atoms with E-state index in [1.165, 1.54) is 7.11 Å². The molecule has 1 heterocycles. The Kier molecular flexibility index (Phi) is 4.95. The smallest absolute Gasteiger partial charge is 0.326 e. The Bertz CT molecular complexity index is 477. The highest BCUT2D eigenvalue weighted by Gasteiger charge is 2.48. The second-order valence-electron chi connectivity index (χ2n) is 6.46. The zero-order chi connectivity index (χ0) is 15.7. The number of ether oxygens (including phenoxy) is 1. The van der Waals surface area contributed by atoms with Crippen molar-refractivity contribution in [3.8, 4) is 0 Å². The Balaban J connectivity index is 2.04. The third-order valence-corrected chi connectivity index (χ3v) is 6.13. The van der Waals surface area contributed by atoms with E-state index >= 15 is 0 Å². The molecule has 1 aliphatic carbocycles. The number of nitrogens with one attached hydrogen (secondary N) is 1. The van der Waals surface area contributed by atoms with Crippen LogP contribution in [0.25, 0.3) is 0 Å². The maximum absolute atomic E-state index is 12.2. The first-order valence-electron chi connectivity index (χ1n) is 7.58. The Hall–Kier alpha value is -0.660. The Labute approximate surface area is 127 Å². The van der Waals surface area contributed by atoms with E-state index in [1.807, 2.05) is 13.8 Å². The number of hydrogen-bond donors (Lipinski definition) is 1. The lowest BCUT2D eigenvalue weighted by atomic mass is 9.96. The summed E-state index contributed by atoms with van der Waals surface area (Å²) >= 11 is 0. The third-order valence-electron chi connectivity index (χ3n) is 4.52. The third kappa shape index (κ3) is 3.76. The Morgan fingerprint density at radius 1 is 1.33 bits per heavy atom. The molecule has 0 amide bonds. The zero-order valence-electron chi connectivity index (χ0n) is 13.1. The second kappa shape index (κ2) is 6.22. The van der Waals surface area contributed by atoms with Gasteiger partial charge in [0.1, 0.15) is 5.54 Å². The molecule has 2 atom stereocenters. The molecule has 0 aromatic carbocycles. The van der Waals surface area contributed by atoms with E-state index in [0.29, 0.717) is 19.5 Å². The van der Waals surface area contributed by atoms with Crippen LogP contribution in [-0.4, -0.2) is 68.6 Å². The van der Waals surface area contributed by atoms with Gasteiger partial charge < -0.3 is 4.74 Å². The van der Waals surface area contributed by atoms with Gasteiger partial charge in [0.2, 0.25) is 0 Å². The van der Waals surface area contributed by atoms with Gasteiger partial charge in [0.05, 0.1) is 18.6 Å². The number of rotatable bonds is 4. The second-order valence-corrected chi connectivity index (χ2v) is 8.76. The molecule has 7 heteroatoms. The van der Waals surface area contributed by atoms with E-state index in [-0.39, 0.29) is 29.6 Å². The van der Waals surface area contributed by atoms with Crippen molar-refractivity contribution in [1.29, 1.82) is 0 Å². The molecule has 2 aliphatic rings. The van der Waals surface area contributed by atoms with E-state index in [4.69, 9.17) is 4.74 Å². The molecule has 1 saturated carbocycles. The van der Waals surface area contributed by atoms with Gasteiger partial charge in [0.15, 0.2) is 9.84 Å². The average molecular weight is 318 g/mol. The van der Waals surface area contributed by atoms with Crippen LogP contribution >= 0.6 is 0 Å². The van der Waals surface area contributed by atoms with Crippen molar-refractivity contribution >= 4 is 15.8 Å². The first-order chi connectivity index (χ1) is 9.78. The van der Waals surface area contributed by atoms with Crippen molar-refractivity contribution in [3.63, 3.8) is 0 Å². The Morgan fingerprint density at radius 2 is 1.95 bits per heavy atom. The lowest BCUT2D eigenvalue weighted by Crippen LogP contribution is -2.55. The molecule has 0 radical (unpaired) electrons.